The smallest absolute Gasteiger partial charge is 0.107 e. The molecule has 2 aromatic heterocycles. The van der Waals surface area contributed by atoms with Gasteiger partial charge >= 0.3 is 0 Å². The predicted molar refractivity (Wildman–Crippen MR) is 80.5 cm³/mol. The first kappa shape index (κ1) is 14.5. The zero-order valence-electron chi connectivity index (χ0n) is 11.2. The number of H-pyrrole nitrogens is 1. The molecule has 0 aliphatic rings. The Kier molecular flexibility index (Phi) is 3.99. The lowest BCUT2D eigenvalue weighted by Gasteiger charge is -2.24. The van der Waals surface area contributed by atoms with E-state index in [2.05, 4.69) is 16.9 Å². The van der Waals surface area contributed by atoms with Gasteiger partial charge in [0, 0.05) is 11.9 Å². The number of nitrogens with two attached hydrogens (primary N) is 1. The van der Waals surface area contributed by atoms with Crippen molar-refractivity contribution in [1.82, 2.24) is 9.97 Å². The van der Waals surface area contributed by atoms with Gasteiger partial charge in [0.1, 0.15) is 5.52 Å². The predicted octanol–water partition coefficient (Wildman–Crippen LogP) is 3.11. The molecule has 104 valence electrons. The minimum atomic E-state index is -1.35. The lowest BCUT2D eigenvalue weighted by atomic mass is 9.95. The number of fused-ring (bicyclic) bond motifs is 1. The highest BCUT2D eigenvalue weighted by molar-refractivity contribution is 7.84. The van der Waals surface area contributed by atoms with Crippen LogP contribution < -0.4 is 5.14 Å². The highest BCUT2D eigenvalue weighted by Crippen LogP contribution is 2.29. The molecule has 0 aromatic carbocycles. The Morgan fingerprint density at radius 1 is 1.53 bits per heavy atom. The summed E-state index contributed by atoms with van der Waals surface area (Å²) in [5, 5.41) is 6.14. The van der Waals surface area contributed by atoms with E-state index in [1.807, 2.05) is 26.0 Å². The molecule has 0 saturated heterocycles. The van der Waals surface area contributed by atoms with E-state index in [1.165, 1.54) is 0 Å². The van der Waals surface area contributed by atoms with E-state index in [1.54, 1.807) is 6.20 Å². The number of aromatic amines is 1. The van der Waals surface area contributed by atoms with Crippen molar-refractivity contribution in [2.45, 2.75) is 37.9 Å². The molecular weight excluding hydrogens is 282 g/mol. The number of nitrogens with zero attached hydrogens (tertiary/aromatic N) is 1. The van der Waals surface area contributed by atoms with Gasteiger partial charge in [-0.05, 0) is 38.3 Å². The van der Waals surface area contributed by atoms with Crippen LogP contribution in [0.3, 0.4) is 0 Å². The Labute approximate surface area is 120 Å². The molecule has 0 saturated carbocycles. The second-order valence-corrected chi connectivity index (χ2v) is 7.54. The topological polar surface area (TPSA) is 71.8 Å². The highest BCUT2D eigenvalue weighted by Gasteiger charge is 2.27. The maximum atomic E-state index is 11.5. The van der Waals surface area contributed by atoms with E-state index in [0.29, 0.717) is 11.4 Å². The largest absolute Gasteiger partial charge is 0.358 e. The van der Waals surface area contributed by atoms with Crippen LogP contribution in [0, 0.1) is 0 Å². The summed E-state index contributed by atoms with van der Waals surface area (Å²) in [6.45, 7) is 5.87. The molecule has 2 rings (SSSR count). The van der Waals surface area contributed by atoms with Crippen molar-refractivity contribution < 1.29 is 4.21 Å². The van der Waals surface area contributed by atoms with Gasteiger partial charge in [0.15, 0.2) is 0 Å². The maximum Gasteiger partial charge on any atom is 0.107 e. The zero-order valence-corrected chi connectivity index (χ0v) is 12.8. The van der Waals surface area contributed by atoms with Gasteiger partial charge < -0.3 is 4.98 Å². The molecule has 0 radical (unpaired) electrons. The van der Waals surface area contributed by atoms with Crippen molar-refractivity contribution in [3.63, 3.8) is 0 Å². The van der Waals surface area contributed by atoms with Crippen molar-refractivity contribution in [3.8, 4) is 0 Å². The number of aromatic nitrogens is 2. The monoisotopic (exact) mass is 299 g/mol. The molecule has 4 nitrogen and oxygen atoms in total. The van der Waals surface area contributed by atoms with Crippen LogP contribution in [-0.2, 0) is 11.0 Å². The third-order valence-corrected chi connectivity index (χ3v) is 4.89. The van der Waals surface area contributed by atoms with Crippen LogP contribution in [0.15, 0.2) is 18.3 Å². The minimum absolute atomic E-state index is 0.165. The average Bonchev–Trinajstić information content (AvgIpc) is 2.70. The summed E-state index contributed by atoms with van der Waals surface area (Å²) in [4.78, 5) is 7.63. The van der Waals surface area contributed by atoms with E-state index in [0.717, 1.165) is 16.7 Å². The number of hydrogen-bond acceptors (Lipinski definition) is 2. The fourth-order valence-electron chi connectivity index (χ4n) is 2.18. The molecule has 0 spiro atoms. The summed E-state index contributed by atoms with van der Waals surface area (Å²) >= 11 is 6.07. The van der Waals surface area contributed by atoms with Crippen LogP contribution in [0.1, 0.15) is 38.8 Å². The summed E-state index contributed by atoms with van der Waals surface area (Å²) in [7, 11) is -1.35. The van der Waals surface area contributed by atoms with E-state index < -0.39 is 15.7 Å². The van der Waals surface area contributed by atoms with E-state index in [9.17, 15) is 4.21 Å². The quantitative estimate of drug-likeness (QED) is 0.910. The maximum absolute atomic E-state index is 11.5. The Balaban J connectivity index is 2.28. The number of nitrogens with one attached hydrogen (secondary N) is 1. The zero-order chi connectivity index (χ0) is 14.2. The van der Waals surface area contributed by atoms with E-state index >= 15 is 0 Å². The van der Waals surface area contributed by atoms with Gasteiger partial charge in [-0.1, -0.05) is 18.5 Å². The molecule has 1 unspecified atom stereocenters. The van der Waals surface area contributed by atoms with Gasteiger partial charge in [0.2, 0.25) is 0 Å². The summed E-state index contributed by atoms with van der Waals surface area (Å²) in [6, 6.07) is 3.93. The van der Waals surface area contributed by atoms with Crippen LogP contribution in [0.25, 0.3) is 11.0 Å². The molecule has 0 fully saturated rings. The molecular formula is C13H18ClN3OS. The first-order valence-corrected chi connectivity index (χ1v) is 7.70. The lowest BCUT2D eigenvalue weighted by molar-refractivity contribution is 0.534. The van der Waals surface area contributed by atoms with Gasteiger partial charge in [-0.3, -0.25) is 5.14 Å². The molecule has 0 aliphatic heterocycles. The number of rotatable bonds is 4. The third kappa shape index (κ3) is 2.99. The lowest BCUT2D eigenvalue weighted by Crippen LogP contribution is -2.33. The van der Waals surface area contributed by atoms with Crippen molar-refractivity contribution in [2.24, 2.45) is 5.14 Å². The van der Waals surface area contributed by atoms with E-state index in [4.69, 9.17) is 16.7 Å². The molecule has 2 heterocycles. The molecule has 0 aliphatic carbocycles. The Morgan fingerprint density at radius 2 is 2.21 bits per heavy atom. The highest BCUT2D eigenvalue weighted by atomic mass is 35.5. The van der Waals surface area contributed by atoms with Gasteiger partial charge in [-0.2, -0.15) is 0 Å². The number of halogens is 1. The summed E-state index contributed by atoms with van der Waals surface area (Å²) < 4.78 is 11.1. The normalized spacial score (nSPS) is 15.6. The van der Waals surface area contributed by atoms with Crippen LogP contribution in [0.2, 0.25) is 5.02 Å². The van der Waals surface area contributed by atoms with Gasteiger partial charge in [0.05, 0.1) is 26.3 Å². The standard InChI is InChI=1S/C13H18ClN3OS/c1-8(6-13(2,3)19(15)18)10-4-5-11-12(17-10)9(14)7-16-11/h4-5,7-8,16H,6,15H2,1-3H3/t8-,19?/m0/s1. The summed E-state index contributed by atoms with van der Waals surface area (Å²) in [5.41, 5.74) is 2.63. The molecule has 0 amide bonds. The van der Waals surface area contributed by atoms with Crippen molar-refractivity contribution in [1.29, 1.82) is 0 Å². The number of pyridine rings is 1. The Hall–Kier alpha value is -0.910. The molecule has 2 atom stereocenters. The van der Waals surface area contributed by atoms with Gasteiger partial charge in [-0.15, -0.1) is 0 Å². The molecule has 19 heavy (non-hydrogen) atoms. The van der Waals surface area contributed by atoms with Crippen molar-refractivity contribution >= 4 is 33.6 Å². The van der Waals surface area contributed by atoms with Crippen molar-refractivity contribution in [3.05, 3.63) is 29.0 Å². The summed E-state index contributed by atoms with van der Waals surface area (Å²) in [6.07, 6.45) is 2.43. The molecule has 0 bridgehead atoms. The number of hydrogen-bond donors (Lipinski definition) is 2. The van der Waals surface area contributed by atoms with Crippen LogP contribution >= 0.6 is 11.6 Å². The van der Waals surface area contributed by atoms with Crippen LogP contribution in [0.4, 0.5) is 0 Å². The minimum Gasteiger partial charge on any atom is -0.358 e. The Bertz CT molecular complexity index is 623. The second-order valence-electron chi connectivity index (χ2n) is 5.43. The van der Waals surface area contributed by atoms with Crippen LogP contribution in [0.5, 0.6) is 0 Å². The summed E-state index contributed by atoms with van der Waals surface area (Å²) in [5.74, 6) is 0.165. The van der Waals surface area contributed by atoms with Gasteiger partial charge in [0.25, 0.3) is 0 Å². The average molecular weight is 300 g/mol. The third-order valence-electron chi connectivity index (χ3n) is 3.34. The van der Waals surface area contributed by atoms with E-state index in [-0.39, 0.29) is 5.92 Å². The first-order chi connectivity index (χ1) is 8.81. The van der Waals surface area contributed by atoms with Crippen molar-refractivity contribution in [2.75, 3.05) is 0 Å². The van der Waals surface area contributed by atoms with Gasteiger partial charge in [-0.25, -0.2) is 9.19 Å². The Morgan fingerprint density at radius 3 is 2.84 bits per heavy atom. The molecule has 3 N–H and O–H groups in total. The second kappa shape index (κ2) is 5.23. The SMILES string of the molecule is C[C@@H](CC(C)(C)S(N)=O)c1ccc2[nH]cc(Cl)c2n1. The fourth-order valence-corrected chi connectivity index (χ4v) is 2.79. The fraction of sp³-hybridized carbons (Fsp3) is 0.462. The molecule has 2 aromatic rings. The molecule has 6 heteroatoms. The van der Waals surface area contributed by atoms with Crippen LogP contribution in [-0.4, -0.2) is 18.9 Å². The first-order valence-electron chi connectivity index (χ1n) is 6.11.